The summed E-state index contributed by atoms with van der Waals surface area (Å²) in [6.45, 7) is 1.91. The third-order valence-electron chi connectivity index (χ3n) is 5.10. The Morgan fingerprint density at radius 1 is 0.844 bits per heavy atom. The first kappa shape index (κ1) is 23.9. The molecule has 0 bridgehead atoms. The second kappa shape index (κ2) is 9.39. The number of ether oxygens (including phenoxy) is 1. The molecule has 0 N–H and O–H groups in total. The zero-order valence-corrected chi connectivity index (χ0v) is 19.4. The molecule has 0 aromatic heterocycles. The van der Waals surface area contributed by atoms with E-state index in [0.717, 1.165) is 6.26 Å². The van der Waals surface area contributed by atoms with Crippen LogP contribution in [0.5, 0.6) is 5.75 Å². The Morgan fingerprint density at radius 2 is 1.38 bits per heavy atom. The minimum absolute atomic E-state index is 0.100. The van der Waals surface area contributed by atoms with E-state index in [1.165, 1.54) is 64.7 Å². The summed E-state index contributed by atoms with van der Waals surface area (Å²) in [5.74, 6) is -0.0735. The van der Waals surface area contributed by atoms with Gasteiger partial charge in [0, 0.05) is 38.0 Å². The highest BCUT2D eigenvalue weighted by molar-refractivity contribution is 7.90. The highest BCUT2D eigenvalue weighted by atomic mass is 32.2. The normalized spacial score (nSPS) is 15.4. The minimum Gasteiger partial charge on any atom is -0.484 e. The second-order valence-electron chi connectivity index (χ2n) is 7.40. The molecule has 3 rings (SSSR count). The van der Waals surface area contributed by atoms with Crippen molar-refractivity contribution in [2.45, 2.75) is 16.7 Å². The fourth-order valence-corrected chi connectivity index (χ4v) is 5.26. The number of Topliss-reactive ketones (excluding diaryl/α,β-unsaturated/α-hetero) is 1. The number of hydrogen-bond donors (Lipinski definition) is 0. The average Bonchev–Trinajstić information content (AvgIpc) is 2.77. The van der Waals surface area contributed by atoms with Crippen LogP contribution in [0, 0.1) is 0 Å². The van der Waals surface area contributed by atoms with Crippen molar-refractivity contribution in [2.24, 2.45) is 0 Å². The van der Waals surface area contributed by atoms with E-state index in [-0.39, 0.29) is 54.3 Å². The molecule has 2 aromatic carbocycles. The van der Waals surface area contributed by atoms with E-state index in [1.54, 1.807) is 0 Å². The number of amides is 1. The maximum Gasteiger partial charge on any atom is 0.260 e. The molecule has 0 radical (unpaired) electrons. The summed E-state index contributed by atoms with van der Waals surface area (Å²) >= 11 is 0. The summed E-state index contributed by atoms with van der Waals surface area (Å²) in [5.41, 5.74) is 0.435. The van der Waals surface area contributed by atoms with Crippen molar-refractivity contribution in [3.05, 3.63) is 54.1 Å². The summed E-state index contributed by atoms with van der Waals surface area (Å²) in [5, 5.41) is 0. The molecule has 0 atom stereocenters. The highest BCUT2D eigenvalue weighted by Gasteiger charge is 2.30. The molecule has 172 valence electrons. The van der Waals surface area contributed by atoms with Gasteiger partial charge in [0.05, 0.1) is 9.79 Å². The molecular weight excluding hydrogens is 456 g/mol. The van der Waals surface area contributed by atoms with E-state index in [9.17, 15) is 26.4 Å². The monoisotopic (exact) mass is 480 g/mol. The first-order chi connectivity index (χ1) is 15.0. The van der Waals surface area contributed by atoms with E-state index >= 15 is 0 Å². The number of ketones is 1. The van der Waals surface area contributed by atoms with Crippen LogP contribution in [0.25, 0.3) is 0 Å². The molecule has 1 saturated heterocycles. The van der Waals surface area contributed by atoms with Gasteiger partial charge in [-0.15, -0.1) is 0 Å². The highest BCUT2D eigenvalue weighted by Crippen LogP contribution is 2.19. The molecule has 1 amide bonds. The van der Waals surface area contributed by atoms with Crippen LogP contribution in [0.1, 0.15) is 17.3 Å². The van der Waals surface area contributed by atoms with Crippen LogP contribution >= 0.6 is 0 Å². The summed E-state index contributed by atoms with van der Waals surface area (Å²) in [4.78, 5) is 25.6. The number of piperazine rings is 1. The second-order valence-corrected chi connectivity index (χ2v) is 11.4. The van der Waals surface area contributed by atoms with Crippen molar-refractivity contribution >= 4 is 31.6 Å². The Morgan fingerprint density at radius 3 is 1.88 bits per heavy atom. The average molecular weight is 481 g/mol. The van der Waals surface area contributed by atoms with Gasteiger partial charge in [0.25, 0.3) is 5.91 Å². The number of sulfone groups is 1. The van der Waals surface area contributed by atoms with Crippen molar-refractivity contribution in [1.82, 2.24) is 9.21 Å². The number of benzene rings is 2. The molecule has 11 heteroatoms. The van der Waals surface area contributed by atoms with Gasteiger partial charge in [-0.3, -0.25) is 9.59 Å². The molecule has 0 aliphatic carbocycles. The van der Waals surface area contributed by atoms with E-state index in [2.05, 4.69) is 0 Å². The topological polar surface area (TPSA) is 118 Å². The van der Waals surface area contributed by atoms with Crippen LogP contribution in [-0.4, -0.2) is 76.8 Å². The molecule has 1 fully saturated rings. The number of carbonyl (C=O) groups excluding carboxylic acids is 2. The molecule has 2 aromatic rings. The van der Waals surface area contributed by atoms with Crippen LogP contribution in [0.2, 0.25) is 0 Å². The zero-order chi connectivity index (χ0) is 23.5. The van der Waals surface area contributed by atoms with Crippen molar-refractivity contribution in [1.29, 1.82) is 0 Å². The SMILES string of the molecule is CC(=O)c1ccc(S(=O)(=O)N2CCN(C(=O)COc3ccc(S(C)(=O)=O)cc3)CC2)cc1. The molecular formula is C21H24N2O7S2. The lowest BCUT2D eigenvalue weighted by molar-refractivity contribution is -0.134. The van der Waals surface area contributed by atoms with Crippen LogP contribution in [0.4, 0.5) is 0 Å². The van der Waals surface area contributed by atoms with E-state index in [1.807, 2.05) is 0 Å². The Balaban J connectivity index is 1.54. The largest absolute Gasteiger partial charge is 0.484 e. The fraction of sp³-hybridized carbons (Fsp3) is 0.333. The number of carbonyl (C=O) groups is 2. The Kier molecular flexibility index (Phi) is 7.01. The number of nitrogens with zero attached hydrogens (tertiary/aromatic N) is 2. The van der Waals surface area contributed by atoms with Crippen molar-refractivity contribution in [3.8, 4) is 5.75 Å². The van der Waals surface area contributed by atoms with Crippen LogP contribution in [0.15, 0.2) is 58.3 Å². The number of sulfonamides is 1. The maximum atomic E-state index is 12.8. The van der Waals surface area contributed by atoms with Crippen LogP contribution < -0.4 is 4.74 Å². The van der Waals surface area contributed by atoms with Crippen molar-refractivity contribution < 1.29 is 31.2 Å². The standard InChI is InChI=1S/C21H24N2O7S2/c1-16(24)17-3-7-20(8-4-17)32(28,29)23-13-11-22(12-14-23)21(25)15-30-18-5-9-19(10-6-18)31(2,26)27/h3-10H,11-15H2,1-2H3. The Bertz CT molecular complexity index is 1200. The van der Waals surface area contributed by atoms with Gasteiger partial charge in [-0.05, 0) is 43.3 Å². The van der Waals surface area contributed by atoms with Gasteiger partial charge in [-0.1, -0.05) is 12.1 Å². The zero-order valence-electron chi connectivity index (χ0n) is 17.7. The van der Waals surface area contributed by atoms with Gasteiger partial charge in [0.1, 0.15) is 5.75 Å². The Labute approximate surface area is 187 Å². The van der Waals surface area contributed by atoms with Crippen LogP contribution in [0.3, 0.4) is 0 Å². The maximum absolute atomic E-state index is 12.8. The Hall–Kier alpha value is -2.76. The molecule has 1 heterocycles. The lowest BCUT2D eigenvalue weighted by Crippen LogP contribution is -2.51. The van der Waals surface area contributed by atoms with Gasteiger partial charge in [0.15, 0.2) is 22.2 Å². The van der Waals surface area contributed by atoms with Crippen molar-refractivity contribution in [3.63, 3.8) is 0 Å². The van der Waals surface area contributed by atoms with E-state index in [4.69, 9.17) is 4.74 Å². The van der Waals surface area contributed by atoms with Gasteiger partial charge in [-0.25, -0.2) is 16.8 Å². The third kappa shape index (κ3) is 5.53. The first-order valence-corrected chi connectivity index (χ1v) is 13.1. The predicted octanol–water partition coefficient (Wildman–Crippen LogP) is 1.20. The number of rotatable bonds is 7. The van der Waals surface area contributed by atoms with E-state index in [0.29, 0.717) is 11.3 Å². The lowest BCUT2D eigenvalue weighted by Gasteiger charge is -2.34. The lowest BCUT2D eigenvalue weighted by atomic mass is 10.2. The van der Waals surface area contributed by atoms with Crippen molar-refractivity contribution in [2.75, 3.05) is 39.0 Å². The molecule has 1 aliphatic rings. The number of hydrogen-bond acceptors (Lipinski definition) is 7. The van der Waals surface area contributed by atoms with Gasteiger partial charge in [-0.2, -0.15) is 4.31 Å². The third-order valence-corrected chi connectivity index (χ3v) is 8.15. The predicted molar refractivity (Wildman–Crippen MR) is 117 cm³/mol. The molecule has 0 saturated carbocycles. The van der Waals surface area contributed by atoms with Gasteiger partial charge >= 0.3 is 0 Å². The van der Waals surface area contributed by atoms with Gasteiger partial charge in [0.2, 0.25) is 10.0 Å². The summed E-state index contributed by atoms with van der Waals surface area (Å²) in [6, 6.07) is 11.5. The minimum atomic E-state index is -3.72. The molecule has 9 nitrogen and oxygen atoms in total. The molecule has 0 unspecified atom stereocenters. The van der Waals surface area contributed by atoms with E-state index < -0.39 is 19.9 Å². The quantitative estimate of drug-likeness (QED) is 0.547. The fourth-order valence-electron chi connectivity index (χ4n) is 3.21. The molecule has 1 aliphatic heterocycles. The summed E-state index contributed by atoms with van der Waals surface area (Å²) in [6.07, 6.45) is 1.10. The smallest absolute Gasteiger partial charge is 0.260 e. The first-order valence-electron chi connectivity index (χ1n) is 9.80. The molecule has 0 spiro atoms. The summed E-state index contributed by atoms with van der Waals surface area (Å²) < 4.78 is 55.4. The molecule has 32 heavy (non-hydrogen) atoms. The summed E-state index contributed by atoms with van der Waals surface area (Å²) in [7, 11) is -7.03. The van der Waals surface area contributed by atoms with Gasteiger partial charge < -0.3 is 9.64 Å². The van der Waals surface area contributed by atoms with Crippen LogP contribution in [-0.2, 0) is 24.7 Å².